The molecule has 0 unspecified atom stereocenters. The van der Waals surface area contributed by atoms with E-state index in [-0.39, 0.29) is 5.97 Å². The molecule has 1 saturated heterocycles. The Balaban J connectivity index is 1.38. The van der Waals surface area contributed by atoms with Crippen LogP contribution in [0.5, 0.6) is 5.75 Å². The highest BCUT2D eigenvalue weighted by Gasteiger charge is 2.09. The van der Waals surface area contributed by atoms with Gasteiger partial charge in [-0.15, -0.1) is 0 Å². The summed E-state index contributed by atoms with van der Waals surface area (Å²) in [5, 5.41) is 3.30. The minimum atomic E-state index is -0.311. The van der Waals surface area contributed by atoms with Gasteiger partial charge in [0.25, 0.3) is 0 Å². The Morgan fingerprint density at radius 1 is 1.04 bits per heavy atom. The Hall–Kier alpha value is -2.63. The van der Waals surface area contributed by atoms with Gasteiger partial charge in [-0.2, -0.15) is 0 Å². The molecular weight excluding hydrogens is 340 g/mol. The fourth-order valence-electron chi connectivity index (χ4n) is 2.84. The molecule has 142 valence electrons. The maximum Gasteiger partial charge on any atom is 0.330 e. The predicted octanol–water partition coefficient (Wildman–Crippen LogP) is 2.73. The maximum absolute atomic E-state index is 11.8. The van der Waals surface area contributed by atoms with Crippen molar-refractivity contribution >= 4 is 12.0 Å². The Kier molecular flexibility index (Phi) is 7.45. The van der Waals surface area contributed by atoms with E-state index in [2.05, 4.69) is 10.2 Å². The zero-order valence-electron chi connectivity index (χ0n) is 15.5. The number of nitrogens with one attached hydrogen (secondary N) is 1. The van der Waals surface area contributed by atoms with E-state index in [9.17, 15) is 4.79 Å². The van der Waals surface area contributed by atoms with Gasteiger partial charge in [0.05, 0.1) is 0 Å². The standard InChI is InChI=1S/C22H26N2O3/c25-22(26-17-16-24-14-12-23-13-15-24)11-8-19-6-9-21(10-7-19)27-18-20-4-2-1-3-5-20/h1-11,23H,12-18H2/b11-8+. The summed E-state index contributed by atoms with van der Waals surface area (Å²) in [6.07, 6.45) is 3.23. The molecule has 0 amide bonds. The minimum absolute atomic E-state index is 0.311. The van der Waals surface area contributed by atoms with Crippen molar-refractivity contribution in [1.29, 1.82) is 0 Å². The Labute approximate surface area is 160 Å². The first-order chi connectivity index (χ1) is 13.3. The highest BCUT2D eigenvalue weighted by atomic mass is 16.5. The minimum Gasteiger partial charge on any atom is -0.489 e. The molecule has 0 aromatic heterocycles. The lowest BCUT2D eigenvalue weighted by Gasteiger charge is -2.26. The van der Waals surface area contributed by atoms with E-state index < -0.39 is 0 Å². The molecule has 0 atom stereocenters. The van der Waals surface area contributed by atoms with E-state index in [0.717, 1.165) is 49.6 Å². The van der Waals surface area contributed by atoms with Crippen molar-refractivity contribution < 1.29 is 14.3 Å². The second-order valence-electron chi connectivity index (χ2n) is 6.44. The van der Waals surface area contributed by atoms with Crippen LogP contribution < -0.4 is 10.1 Å². The number of hydrogen-bond donors (Lipinski definition) is 1. The van der Waals surface area contributed by atoms with Gasteiger partial charge in [0, 0.05) is 38.8 Å². The maximum atomic E-state index is 11.8. The number of nitrogens with zero attached hydrogens (tertiary/aromatic N) is 1. The van der Waals surface area contributed by atoms with Gasteiger partial charge < -0.3 is 14.8 Å². The van der Waals surface area contributed by atoms with Gasteiger partial charge >= 0.3 is 5.97 Å². The van der Waals surface area contributed by atoms with Gasteiger partial charge in [0.1, 0.15) is 19.0 Å². The normalized spacial score (nSPS) is 15.0. The van der Waals surface area contributed by atoms with Gasteiger partial charge in [0.15, 0.2) is 0 Å². The Morgan fingerprint density at radius 3 is 2.52 bits per heavy atom. The van der Waals surface area contributed by atoms with Gasteiger partial charge in [-0.25, -0.2) is 4.79 Å². The number of hydrogen-bond acceptors (Lipinski definition) is 5. The molecule has 3 rings (SSSR count). The summed E-state index contributed by atoms with van der Waals surface area (Å²) in [5.74, 6) is 0.490. The van der Waals surface area contributed by atoms with Crippen LogP contribution in [0, 0.1) is 0 Å². The zero-order valence-corrected chi connectivity index (χ0v) is 15.5. The van der Waals surface area contributed by atoms with Crippen molar-refractivity contribution in [2.45, 2.75) is 6.61 Å². The summed E-state index contributed by atoms with van der Waals surface area (Å²) in [5.41, 5.74) is 2.06. The molecule has 1 heterocycles. The van der Waals surface area contributed by atoms with E-state index in [1.165, 1.54) is 6.08 Å². The average Bonchev–Trinajstić information content (AvgIpc) is 2.73. The van der Waals surface area contributed by atoms with Crippen LogP contribution in [0.3, 0.4) is 0 Å². The second-order valence-corrected chi connectivity index (χ2v) is 6.44. The molecule has 1 aliphatic heterocycles. The summed E-state index contributed by atoms with van der Waals surface area (Å²) in [4.78, 5) is 14.1. The van der Waals surface area contributed by atoms with Crippen LogP contribution in [0.4, 0.5) is 0 Å². The Bertz CT molecular complexity index is 723. The number of rotatable bonds is 8. The van der Waals surface area contributed by atoms with Crippen molar-refractivity contribution in [1.82, 2.24) is 10.2 Å². The first kappa shape index (κ1) is 19.1. The largest absolute Gasteiger partial charge is 0.489 e. The first-order valence-electron chi connectivity index (χ1n) is 9.34. The van der Waals surface area contributed by atoms with Crippen molar-refractivity contribution in [3.8, 4) is 5.75 Å². The summed E-state index contributed by atoms with van der Waals surface area (Å²) in [6, 6.07) is 17.7. The number of piperazine rings is 1. The first-order valence-corrected chi connectivity index (χ1v) is 9.34. The summed E-state index contributed by atoms with van der Waals surface area (Å²) in [6.45, 7) is 5.76. The molecule has 1 N–H and O–H groups in total. The van der Waals surface area contributed by atoms with Crippen molar-refractivity contribution in [2.24, 2.45) is 0 Å². The quantitative estimate of drug-likeness (QED) is 0.575. The van der Waals surface area contributed by atoms with Gasteiger partial charge in [-0.05, 0) is 29.3 Å². The van der Waals surface area contributed by atoms with Gasteiger partial charge in [-0.3, -0.25) is 4.90 Å². The number of carbonyl (C=O) groups excluding carboxylic acids is 1. The van der Waals surface area contributed by atoms with E-state index in [4.69, 9.17) is 9.47 Å². The number of benzene rings is 2. The summed E-state index contributed by atoms with van der Waals surface area (Å²) < 4.78 is 11.0. The molecule has 0 radical (unpaired) electrons. The fraction of sp³-hybridized carbons (Fsp3) is 0.318. The molecule has 5 heteroatoms. The third-order valence-electron chi connectivity index (χ3n) is 4.40. The average molecular weight is 366 g/mol. The lowest BCUT2D eigenvalue weighted by atomic mass is 10.2. The topological polar surface area (TPSA) is 50.8 Å². The van der Waals surface area contributed by atoms with Crippen LogP contribution in [-0.4, -0.2) is 50.2 Å². The van der Waals surface area contributed by atoms with Crippen LogP contribution in [0.1, 0.15) is 11.1 Å². The number of carbonyl (C=O) groups is 1. The van der Waals surface area contributed by atoms with Gasteiger partial charge in [-0.1, -0.05) is 42.5 Å². The van der Waals surface area contributed by atoms with E-state index in [0.29, 0.717) is 13.2 Å². The molecule has 5 nitrogen and oxygen atoms in total. The van der Waals surface area contributed by atoms with E-state index in [1.54, 1.807) is 6.08 Å². The smallest absolute Gasteiger partial charge is 0.330 e. The molecular formula is C22H26N2O3. The van der Waals surface area contributed by atoms with Crippen LogP contribution in [0.2, 0.25) is 0 Å². The summed E-state index contributed by atoms with van der Waals surface area (Å²) >= 11 is 0. The van der Waals surface area contributed by atoms with Crippen LogP contribution in [-0.2, 0) is 16.1 Å². The van der Waals surface area contributed by atoms with Gasteiger partial charge in [0.2, 0.25) is 0 Å². The van der Waals surface area contributed by atoms with Crippen LogP contribution >= 0.6 is 0 Å². The third kappa shape index (κ3) is 6.89. The second kappa shape index (κ2) is 10.5. The van der Waals surface area contributed by atoms with E-state index in [1.807, 2.05) is 54.6 Å². The number of ether oxygens (including phenoxy) is 2. The monoisotopic (exact) mass is 366 g/mol. The van der Waals surface area contributed by atoms with Crippen molar-refractivity contribution in [3.05, 3.63) is 71.8 Å². The zero-order chi connectivity index (χ0) is 18.7. The fourth-order valence-corrected chi connectivity index (χ4v) is 2.84. The molecule has 1 aliphatic rings. The molecule has 2 aromatic rings. The highest BCUT2D eigenvalue weighted by molar-refractivity contribution is 5.87. The van der Waals surface area contributed by atoms with Crippen LogP contribution in [0.15, 0.2) is 60.7 Å². The number of esters is 1. The lowest BCUT2D eigenvalue weighted by molar-refractivity contribution is -0.138. The molecule has 27 heavy (non-hydrogen) atoms. The lowest BCUT2D eigenvalue weighted by Crippen LogP contribution is -2.44. The Morgan fingerprint density at radius 2 is 1.78 bits per heavy atom. The van der Waals surface area contributed by atoms with Crippen molar-refractivity contribution in [2.75, 3.05) is 39.3 Å². The van der Waals surface area contributed by atoms with E-state index >= 15 is 0 Å². The molecule has 0 spiro atoms. The van der Waals surface area contributed by atoms with Crippen LogP contribution in [0.25, 0.3) is 6.08 Å². The third-order valence-corrected chi connectivity index (χ3v) is 4.40. The summed E-state index contributed by atoms with van der Waals surface area (Å²) in [7, 11) is 0. The SMILES string of the molecule is O=C(/C=C/c1ccc(OCc2ccccc2)cc1)OCCN1CCNCC1. The molecule has 1 fully saturated rings. The van der Waals surface area contributed by atoms with Crippen molar-refractivity contribution in [3.63, 3.8) is 0 Å². The molecule has 0 aliphatic carbocycles. The predicted molar refractivity (Wildman–Crippen MR) is 107 cm³/mol. The molecule has 0 saturated carbocycles. The molecule has 2 aromatic carbocycles. The highest BCUT2D eigenvalue weighted by Crippen LogP contribution is 2.15. The molecule has 0 bridgehead atoms.